The molecule has 0 saturated carbocycles. The second-order valence-electron chi connectivity index (χ2n) is 5.11. The Morgan fingerprint density at radius 2 is 1.85 bits per heavy atom. The van der Waals surface area contributed by atoms with Crippen molar-refractivity contribution in [3.05, 3.63) is 47.3 Å². The van der Waals surface area contributed by atoms with Gasteiger partial charge in [-0.15, -0.1) is 0 Å². The van der Waals surface area contributed by atoms with Gasteiger partial charge in [-0.3, -0.25) is 0 Å². The Balaban J connectivity index is 2.41. The zero-order chi connectivity index (χ0) is 14.8. The fraction of sp³-hybridized carbons (Fsp3) is 0.333. The van der Waals surface area contributed by atoms with Gasteiger partial charge in [-0.1, -0.05) is 30.3 Å². The smallest absolute Gasteiger partial charge is 0.135 e. The summed E-state index contributed by atoms with van der Waals surface area (Å²) in [5.41, 5.74) is 7.01. The van der Waals surface area contributed by atoms with E-state index in [1.807, 2.05) is 44.2 Å². The number of nitrogen functional groups attached to an aromatic ring is 1. The number of hydrogen-bond acceptors (Lipinski definition) is 5. The third kappa shape index (κ3) is 2.72. The van der Waals surface area contributed by atoms with E-state index in [9.17, 15) is 5.11 Å². The lowest BCUT2D eigenvalue weighted by Gasteiger charge is -2.30. The minimum atomic E-state index is -0.626. The van der Waals surface area contributed by atoms with E-state index in [0.717, 1.165) is 11.1 Å². The minimum absolute atomic E-state index is 0.0561. The van der Waals surface area contributed by atoms with Crippen molar-refractivity contribution < 1.29 is 5.11 Å². The average Bonchev–Trinajstić information content (AvgIpc) is 2.45. The van der Waals surface area contributed by atoms with E-state index in [1.54, 1.807) is 6.92 Å². The molecule has 5 heteroatoms. The lowest BCUT2D eigenvalue weighted by atomic mass is 9.92. The van der Waals surface area contributed by atoms with Gasteiger partial charge in [-0.05, 0) is 26.3 Å². The molecular weight excluding hydrogens is 252 g/mol. The molecule has 5 nitrogen and oxygen atoms in total. The minimum Gasteiger partial charge on any atom is -0.394 e. The first-order valence-electron chi connectivity index (χ1n) is 6.51. The number of hydrogen-bond donors (Lipinski definition) is 3. The van der Waals surface area contributed by atoms with E-state index < -0.39 is 5.54 Å². The number of rotatable bonds is 4. The van der Waals surface area contributed by atoms with Gasteiger partial charge in [0.05, 0.1) is 12.1 Å². The maximum atomic E-state index is 9.79. The van der Waals surface area contributed by atoms with Crippen LogP contribution in [-0.4, -0.2) is 21.7 Å². The lowest BCUT2D eigenvalue weighted by molar-refractivity contribution is 0.223. The predicted molar refractivity (Wildman–Crippen MR) is 80.4 cm³/mol. The van der Waals surface area contributed by atoms with Gasteiger partial charge < -0.3 is 16.2 Å². The molecule has 106 valence electrons. The number of nitrogens with zero attached hydrogens (tertiary/aromatic N) is 2. The van der Waals surface area contributed by atoms with E-state index in [-0.39, 0.29) is 6.61 Å². The Kier molecular flexibility index (Phi) is 3.90. The normalized spacial score (nSPS) is 13.8. The lowest BCUT2D eigenvalue weighted by Crippen LogP contribution is -2.36. The third-order valence-corrected chi connectivity index (χ3v) is 3.42. The second kappa shape index (κ2) is 5.46. The second-order valence-corrected chi connectivity index (χ2v) is 5.11. The molecular formula is C15H20N4O. The van der Waals surface area contributed by atoms with Crippen LogP contribution in [0, 0.1) is 13.8 Å². The largest absolute Gasteiger partial charge is 0.394 e. The number of aliphatic hydroxyl groups excluding tert-OH is 1. The summed E-state index contributed by atoms with van der Waals surface area (Å²) < 4.78 is 0. The zero-order valence-electron chi connectivity index (χ0n) is 12.0. The molecule has 0 amide bonds. The fourth-order valence-corrected chi connectivity index (χ4v) is 2.04. The molecule has 0 bridgehead atoms. The Labute approximate surface area is 118 Å². The number of aryl methyl sites for hydroxylation is 1. The molecule has 2 aromatic rings. The molecule has 0 fully saturated rings. The Hall–Kier alpha value is -2.14. The Morgan fingerprint density at radius 1 is 1.20 bits per heavy atom. The maximum absolute atomic E-state index is 9.79. The van der Waals surface area contributed by atoms with Crippen LogP contribution in [0.25, 0.3) is 0 Å². The summed E-state index contributed by atoms with van der Waals surface area (Å²) in [5.74, 6) is 1.70. The monoisotopic (exact) mass is 272 g/mol. The van der Waals surface area contributed by atoms with Gasteiger partial charge in [0.1, 0.15) is 17.5 Å². The molecule has 0 saturated heterocycles. The first kappa shape index (κ1) is 14.3. The number of nitrogens with two attached hydrogens (primary N) is 1. The molecule has 0 aliphatic carbocycles. The molecule has 0 radical (unpaired) electrons. The molecule has 0 aliphatic heterocycles. The highest BCUT2D eigenvalue weighted by Gasteiger charge is 2.27. The first-order chi connectivity index (χ1) is 9.46. The summed E-state index contributed by atoms with van der Waals surface area (Å²) in [6, 6.07) is 9.76. The number of nitrogens with one attached hydrogen (secondary N) is 1. The molecule has 20 heavy (non-hydrogen) atoms. The molecule has 1 aromatic heterocycles. The quantitative estimate of drug-likeness (QED) is 0.792. The number of benzene rings is 1. The molecule has 1 heterocycles. The summed E-state index contributed by atoms with van der Waals surface area (Å²) >= 11 is 0. The molecule has 0 spiro atoms. The van der Waals surface area contributed by atoms with Crippen LogP contribution in [0.5, 0.6) is 0 Å². The van der Waals surface area contributed by atoms with Crippen LogP contribution in [0.1, 0.15) is 23.9 Å². The fourth-order valence-electron chi connectivity index (χ4n) is 2.04. The summed E-state index contributed by atoms with van der Waals surface area (Å²) in [6.45, 7) is 5.52. The van der Waals surface area contributed by atoms with Crippen molar-refractivity contribution in [1.82, 2.24) is 9.97 Å². The summed E-state index contributed by atoms with van der Waals surface area (Å²) in [5, 5.41) is 13.1. The van der Waals surface area contributed by atoms with Crippen molar-refractivity contribution in [3.63, 3.8) is 0 Å². The van der Waals surface area contributed by atoms with Crippen LogP contribution < -0.4 is 11.1 Å². The maximum Gasteiger partial charge on any atom is 0.135 e. The van der Waals surface area contributed by atoms with E-state index in [4.69, 9.17) is 5.73 Å². The molecule has 0 aliphatic rings. The van der Waals surface area contributed by atoms with E-state index in [2.05, 4.69) is 15.3 Å². The van der Waals surface area contributed by atoms with Crippen molar-refractivity contribution >= 4 is 11.6 Å². The van der Waals surface area contributed by atoms with Crippen LogP contribution in [0.4, 0.5) is 11.6 Å². The van der Waals surface area contributed by atoms with Gasteiger partial charge >= 0.3 is 0 Å². The van der Waals surface area contributed by atoms with Crippen molar-refractivity contribution in [3.8, 4) is 0 Å². The summed E-state index contributed by atoms with van der Waals surface area (Å²) in [4.78, 5) is 8.51. The summed E-state index contributed by atoms with van der Waals surface area (Å²) in [6.07, 6.45) is 0. The summed E-state index contributed by atoms with van der Waals surface area (Å²) in [7, 11) is 0. The van der Waals surface area contributed by atoms with Crippen LogP contribution in [0.3, 0.4) is 0 Å². The number of aromatic nitrogens is 2. The molecule has 1 atom stereocenters. The molecule has 2 rings (SSSR count). The van der Waals surface area contributed by atoms with Gasteiger partial charge in [-0.2, -0.15) is 0 Å². The highest BCUT2D eigenvalue weighted by Crippen LogP contribution is 2.27. The first-order valence-corrected chi connectivity index (χ1v) is 6.51. The van der Waals surface area contributed by atoms with Gasteiger partial charge in [0.25, 0.3) is 0 Å². The molecule has 1 aromatic carbocycles. The number of anilines is 2. The van der Waals surface area contributed by atoms with Gasteiger partial charge in [0.2, 0.25) is 0 Å². The van der Waals surface area contributed by atoms with Gasteiger partial charge in [0, 0.05) is 5.56 Å². The van der Waals surface area contributed by atoms with Crippen LogP contribution in [0.15, 0.2) is 30.3 Å². The van der Waals surface area contributed by atoms with Crippen molar-refractivity contribution in [2.75, 3.05) is 17.7 Å². The van der Waals surface area contributed by atoms with Crippen molar-refractivity contribution in [2.45, 2.75) is 26.3 Å². The van der Waals surface area contributed by atoms with Gasteiger partial charge in [-0.25, -0.2) is 9.97 Å². The van der Waals surface area contributed by atoms with E-state index in [0.29, 0.717) is 17.5 Å². The van der Waals surface area contributed by atoms with Crippen molar-refractivity contribution in [2.24, 2.45) is 0 Å². The Bertz CT molecular complexity index is 600. The number of aliphatic hydroxyl groups is 1. The standard InChI is InChI=1S/C15H20N4O/c1-10-13(16)17-11(2)18-14(10)19-15(3,9-20)12-7-5-4-6-8-12/h4-8,20H,9H2,1-3H3,(H3,16,17,18,19). The van der Waals surface area contributed by atoms with E-state index in [1.165, 1.54) is 0 Å². The SMILES string of the molecule is Cc1nc(N)c(C)c(NC(C)(CO)c2ccccc2)n1. The van der Waals surface area contributed by atoms with Crippen LogP contribution >= 0.6 is 0 Å². The van der Waals surface area contributed by atoms with Crippen molar-refractivity contribution in [1.29, 1.82) is 0 Å². The van der Waals surface area contributed by atoms with Gasteiger partial charge in [0.15, 0.2) is 0 Å². The topological polar surface area (TPSA) is 84.1 Å². The van der Waals surface area contributed by atoms with E-state index >= 15 is 0 Å². The molecule has 4 N–H and O–H groups in total. The average molecular weight is 272 g/mol. The predicted octanol–water partition coefficient (Wildman–Crippen LogP) is 2.00. The van der Waals surface area contributed by atoms with Crippen LogP contribution in [0.2, 0.25) is 0 Å². The highest BCUT2D eigenvalue weighted by atomic mass is 16.3. The Morgan fingerprint density at radius 3 is 2.45 bits per heavy atom. The molecule has 1 unspecified atom stereocenters. The third-order valence-electron chi connectivity index (χ3n) is 3.42. The zero-order valence-corrected chi connectivity index (χ0v) is 12.0. The highest BCUT2D eigenvalue weighted by molar-refractivity contribution is 5.56. The van der Waals surface area contributed by atoms with Crippen LogP contribution in [-0.2, 0) is 5.54 Å².